The van der Waals surface area contributed by atoms with Gasteiger partial charge in [0.2, 0.25) is 0 Å². The summed E-state index contributed by atoms with van der Waals surface area (Å²) >= 11 is 0. The highest BCUT2D eigenvalue weighted by Crippen LogP contribution is 2.50. The summed E-state index contributed by atoms with van der Waals surface area (Å²) in [6.07, 6.45) is 9.52. The Morgan fingerprint density at radius 1 is 1.06 bits per heavy atom. The average molecular weight is 237 g/mol. The van der Waals surface area contributed by atoms with Crippen LogP contribution in [0.4, 0.5) is 0 Å². The number of hydrogen-bond acceptors (Lipinski definition) is 2. The lowest BCUT2D eigenvalue weighted by Crippen LogP contribution is -2.58. The molecule has 0 aromatic rings. The Labute approximate surface area is 103 Å². The predicted octanol–water partition coefficient (Wildman–Crippen LogP) is 2.51. The lowest BCUT2D eigenvalue weighted by atomic mass is 9.65. The van der Waals surface area contributed by atoms with Crippen LogP contribution in [0.15, 0.2) is 0 Å². The number of carbonyl (C=O) groups is 1. The molecule has 0 amide bonds. The highest BCUT2D eigenvalue weighted by molar-refractivity contribution is 5.68. The summed E-state index contributed by atoms with van der Waals surface area (Å²) < 4.78 is 0. The lowest BCUT2D eigenvalue weighted by molar-refractivity contribution is -0.143. The number of hydrogen-bond donors (Lipinski definition) is 1. The van der Waals surface area contributed by atoms with Gasteiger partial charge >= 0.3 is 5.97 Å². The fraction of sp³-hybridized carbons (Fsp3) is 0.929. The number of likely N-dealkylation sites (tertiary alicyclic amines) is 1. The molecule has 1 N–H and O–H groups in total. The molecule has 96 valence electrons. The Hall–Kier alpha value is -0.570. The van der Waals surface area contributed by atoms with Crippen LogP contribution in [0.3, 0.4) is 0 Å². The highest BCUT2D eigenvalue weighted by atomic mass is 16.4. The summed E-state index contributed by atoms with van der Waals surface area (Å²) in [4.78, 5) is 13.4. The normalized spacial score (nSPS) is 29.9. The molecule has 17 heavy (non-hydrogen) atoms. The molecule has 3 fully saturated rings. The van der Waals surface area contributed by atoms with Crippen LogP contribution in [-0.4, -0.2) is 35.6 Å². The topological polar surface area (TPSA) is 40.5 Å². The molecule has 3 heteroatoms. The minimum atomic E-state index is -0.610. The molecule has 0 aromatic heterocycles. The number of carboxylic acid groups (broad SMARTS) is 1. The van der Waals surface area contributed by atoms with Gasteiger partial charge in [0.15, 0.2) is 0 Å². The Morgan fingerprint density at radius 2 is 1.71 bits per heavy atom. The van der Waals surface area contributed by atoms with Gasteiger partial charge < -0.3 is 10.0 Å². The number of aliphatic carboxylic acids is 1. The van der Waals surface area contributed by atoms with E-state index in [1.807, 2.05) is 0 Å². The van der Waals surface area contributed by atoms with Crippen molar-refractivity contribution in [3.8, 4) is 0 Å². The maximum atomic E-state index is 10.9. The van der Waals surface area contributed by atoms with Gasteiger partial charge in [-0.2, -0.15) is 0 Å². The van der Waals surface area contributed by atoms with E-state index < -0.39 is 5.97 Å². The summed E-state index contributed by atoms with van der Waals surface area (Å²) in [5.41, 5.74) is 0.778. The molecular formula is C14H23NO2. The van der Waals surface area contributed by atoms with Gasteiger partial charge in [0.1, 0.15) is 0 Å². The van der Waals surface area contributed by atoms with E-state index in [-0.39, 0.29) is 5.41 Å². The van der Waals surface area contributed by atoms with Crippen LogP contribution in [-0.2, 0) is 4.79 Å². The second kappa shape index (κ2) is 3.98. The third-order valence-corrected chi connectivity index (χ3v) is 5.28. The Bertz CT molecular complexity index is 308. The zero-order valence-corrected chi connectivity index (χ0v) is 10.6. The summed E-state index contributed by atoms with van der Waals surface area (Å²) in [5, 5.41) is 9.00. The molecule has 2 saturated carbocycles. The van der Waals surface area contributed by atoms with Gasteiger partial charge in [0.05, 0.1) is 6.42 Å². The Balaban J connectivity index is 1.52. The molecule has 1 spiro atoms. The number of carboxylic acids is 1. The second-order valence-electron chi connectivity index (χ2n) is 6.78. The van der Waals surface area contributed by atoms with Crippen LogP contribution >= 0.6 is 0 Å². The largest absolute Gasteiger partial charge is 0.481 e. The van der Waals surface area contributed by atoms with Crippen LogP contribution in [0.25, 0.3) is 0 Å². The lowest BCUT2D eigenvalue weighted by Gasteiger charge is -2.54. The van der Waals surface area contributed by atoms with E-state index in [4.69, 9.17) is 5.11 Å². The molecule has 3 rings (SSSR count). The predicted molar refractivity (Wildman–Crippen MR) is 65.9 cm³/mol. The minimum Gasteiger partial charge on any atom is -0.481 e. The van der Waals surface area contributed by atoms with Crippen LogP contribution in [0.1, 0.15) is 51.4 Å². The van der Waals surface area contributed by atoms with Gasteiger partial charge in [-0.3, -0.25) is 4.79 Å². The van der Waals surface area contributed by atoms with Gasteiger partial charge in [-0.25, -0.2) is 0 Å². The summed E-state index contributed by atoms with van der Waals surface area (Å²) in [7, 11) is 0. The zero-order valence-electron chi connectivity index (χ0n) is 10.6. The first-order chi connectivity index (χ1) is 8.12. The molecule has 3 nitrogen and oxygen atoms in total. The number of rotatable bonds is 4. The summed E-state index contributed by atoms with van der Waals surface area (Å²) in [5.74, 6) is -0.610. The first-order valence-electron chi connectivity index (χ1n) is 7.06. The fourth-order valence-corrected chi connectivity index (χ4v) is 4.32. The summed E-state index contributed by atoms with van der Waals surface area (Å²) in [6, 6.07) is 0. The van der Waals surface area contributed by atoms with E-state index in [1.54, 1.807) is 0 Å². The highest BCUT2D eigenvalue weighted by Gasteiger charge is 2.48. The van der Waals surface area contributed by atoms with E-state index in [2.05, 4.69) is 4.90 Å². The van der Waals surface area contributed by atoms with E-state index >= 15 is 0 Å². The fourth-order valence-electron chi connectivity index (χ4n) is 4.32. The van der Waals surface area contributed by atoms with Crippen molar-refractivity contribution in [3.05, 3.63) is 0 Å². The average Bonchev–Trinajstić information content (AvgIpc) is 2.61. The van der Waals surface area contributed by atoms with E-state index in [0.717, 1.165) is 19.4 Å². The van der Waals surface area contributed by atoms with Crippen molar-refractivity contribution in [2.24, 2.45) is 10.8 Å². The maximum Gasteiger partial charge on any atom is 0.303 e. The first kappa shape index (κ1) is 11.5. The van der Waals surface area contributed by atoms with Gasteiger partial charge in [-0.15, -0.1) is 0 Å². The molecular weight excluding hydrogens is 214 g/mol. The van der Waals surface area contributed by atoms with Crippen molar-refractivity contribution < 1.29 is 9.90 Å². The van der Waals surface area contributed by atoms with Crippen molar-refractivity contribution in [2.45, 2.75) is 51.4 Å². The molecule has 0 bridgehead atoms. The molecule has 1 aliphatic heterocycles. The first-order valence-corrected chi connectivity index (χ1v) is 7.06. The van der Waals surface area contributed by atoms with Crippen LogP contribution in [0, 0.1) is 10.8 Å². The van der Waals surface area contributed by atoms with Crippen molar-refractivity contribution in [1.29, 1.82) is 0 Å². The quantitative estimate of drug-likeness (QED) is 0.816. The smallest absolute Gasteiger partial charge is 0.303 e. The van der Waals surface area contributed by atoms with Gasteiger partial charge in [-0.05, 0) is 36.5 Å². The Kier molecular flexibility index (Phi) is 2.69. The van der Waals surface area contributed by atoms with Crippen molar-refractivity contribution in [3.63, 3.8) is 0 Å². The number of nitrogens with zero attached hydrogens (tertiary/aromatic N) is 1. The third kappa shape index (κ3) is 2.10. The monoisotopic (exact) mass is 237 g/mol. The van der Waals surface area contributed by atoms with E-state index in [0.29, 0.717) is 11.8 Å². The maximum absolute atomic E-state index is 10.9. The van der Waals surface area contributed by atoms with Crippen molar-refractivity contribution >= 4 is 5.97 Å². The summed E-state index contributed by atoms with van der Waals surface area (Å²) in [6.45, 7) is 3.53. The molecule has 1 heterocycles. The van der Waals surface area contributed by atoms with Crippen molar-refractivity contribution in [2.75, 3.05) is 19.6 Å². The van der Waals surface area contributed by atoms with Gasteiger partial charge in [0.25, 0.3) is 0 Å². The van der Waals surface area contributed by atoms with Gasteiger partial charge in [-0.1, -0.05) is 19.3 Å². The van der Waals surface area contributed by atoms with E-state index in [1.165, 1.54) is 45.2 Å². The SMILES string of the molecule is O=C(O)CC1(CN2CC3(CCCC3)C2)CCC1. The van der Waals surface area contributed by atoms with Gasteiger partial charge in [0, 0.05) is 19.6 Å². The standard InChI is InChI=1S/C14H23NO2/c16-12(17)8-13(6-3-7-13)9-15-10-14(11-15)4-1-2-5-14/h1-11H2,(H,16,17). The third-order valence-electron chi connectivity index (χ3n) is 5.28. The molecule has 1 saturated heterocycles. The van der Waals surface area contributed by atoms with E-state index in [9.17, 15) is 4.79 Å². The second-order valence-corrected chi connectivity index (χ2v) is 6.78. The zero-order chi connectivity index (χ0) is 11.9. The Morgan fingerprint density at radius 3 is 2.18 bits per heavy atom. The van der Waals surface area contributed by atoms with Crippen LogP contribution in [0.5, 0.6) is 0 Å². The minimum absolute atomic E-state index is 0.131. The molecule has 0 unspecified atom stereocenters. The molecule has 0 aromatic carbocycles. The van der Waals surface area contributed by atoms with Crippen molar-refractivity contribution in [1.82, 2.24) is 4.90 Å². The molecule has 3 aliphatic rings. The molecule has 0 atom stereocenters. The van der Waals surface area contributed by atoms with Crippen LogP contribution in [0.2, 0.25) is 0 Å². The molecule has 0 radical (unpaired) electrons. The van der Waals surface area contributed by atoms with Crippen LogP contribution < -0.4 is 0 Å². The molecule has 2 aliphatic carbocycles.